The maximum Gasteiger partial charge on any atom is 0.501 e. The van der Waals surface area contributed by atoms with E-state index in [2.05, 4.69) is 23.7 Å². The van der Waals surface area contributed by atoms with Crippen molar-refractivity contribution in [1.29, 1.82) is 0 Å². The van der Waals surface area contributed by atoms with Crippen molar-refractivity contribution in [2.75, 3.05) is 6.54 Å². The monoisotopic (exact) mass is 475 g/mol. The third-order valence-electron chi connectivity index (χ3n) is 6.22. The van der Waals surface area contributed by atoms with E-state index in [1.165, 1.54) is 12.2 Å². The lowest BCUT2D eigenvalue weighted by atomic mass is 9.94. The Balaban J connectivity index is 1.68. The predicted octanol–water partition coefficient (Wildman–Crippen LogP) is 2.88. The first-order valence-corrected chi connectivity index (χ1v) is 12.8. The Morgan fingerprint density at radius 2 is 2.03 bits per heavy atom. The van der Waals surface area contributed by atoms with Crippen LogP contribution >= 0.6 is 0 Å². The molecule has 2 aliphatic carbocycles. The van der Waals surface area contributed by atoms with Crippen LogP contribution in [0.4, 0.5) is 4.79 Å². The van der Waals surface area contributed by atoms with Crippen LogP contribution in [0.15, 0.2) is 33.7 Å². The van der Waals surface area contributed by atoms with Crippen LogP contribution in [0, 0.1) is 18.8 Å². The van der Waals surface area contributed by atoms with E-state index in [0.717, 1.165) is 30.6 Å². The number of nitrogens with zero attached hydrogens (tertiary/aromatic N) is 3. The number of aryl methyl sites for hydroxylation is 1. The predicted molar refractivity (Wildman–Crippen MR) is 122 cm³/mol. The Morgan fingerprint density at radius 1 is 1.30 bits per heavy atom. The lowest BCUT2D eigenvalue weighted by Crippen LogP contribution is -2.54. The number of urea groups is 1. The molecular formula is C23H31N4O5S+. The molecule has 178 valence electrons. The number of hydrogen-bond donors (Lipinski definition) is 1. The number of sulfonamides is 1. The lowest BCUT2D eigenvalue weighted by Gasteiger charge is -2.27. The first-order valence-electron chi connectivity index (χ1n) is 11.3. The molecule has 1 aromatic rings. The molecule has 2 heterocycles. The van der Waals surface area contributed by atoms with Gasteiger partial charge in [-0.1, -0.05) is 19.0 Å². The molecule has 1 N–H and O–H groups in total. The highest BCUT2D eigenvalue weighted by Gasteiger charge is 2.49. The van der Waals surface area contributed by atoms with Gasteiger partial charge in [-0.2, -0.15) is 14.3 Å². The maximum atomic E-state index is 13.4. The SMILES string of the molecule is Cc1cc(CN2C(=O)C3C=C(S(=O)(=O)NC4(C)CC4)C=CC3=[N+](CCCC(C)C)C2=O)on1. The third kappa shape index (κ3) is 5.01. The van der Waals surface area contributed by atoms with Crippen molar-refractivity contribution in [3.05, 3.63) is 40.7 Å². The summed E-state index contributed by atoms with van der Waals surface area (Å²) in [4.78, 5) is 27.9. The number of carbonyl (C=O) groups is 2. The summed E-state index contributed by atoms with van der Waals surface area (Å²) in [6.07, 6.45) is 7.79. The van der Waals surface area contributed by atoms with Crippen LogP contribution in [0.3, 0.4) is 0 Å². The average molecular weight is 476 g/mol. The van der Waals surface area contributed by atoms with Gasteiger partial charge in [-0.3, -0.25) is 0 Å². The zero-order valence-corrected chi connectivity index (χ0v) is 20.3. The van der Waals surface area contributed by atoms with Crippen LogP contribution in [-0.2, 0) is 21.4 Å². The van der Waals surface area contributed by atoms with Crippen LogP contribution in [0.1, 0.15) is 57.9 Å². The molecular weight excluding hydrogens is 444 g/mol. The molecule has 1 unspecified atom stereocenters. The van der Waals surface area contributed by atoms with Crippen LogP contribution in [0.25, 0.3) is 0 Å². The number of imide groups is 1. The van der Waals surface area contributed by atoms with Crippen molar-refractivity contribution in [1.82, 2.24) is 14.8 Å². The molecule has 1 atom stereocenters. The van der Waals surface area contributed by atoms with Gasteiger partial charge in [0.05, 0.1) is 17.1 Å². The smallest absolute Gasteiger partial charge is 0.357 e. The van der Waals surface area contributed by atoms with E-state index in [9.17, 15) is 18.0 Å². The number of rotatable bonds is 9. The summed E-state index contributed by atoms with van der Waals surface area (Å²) in [6.45, 7) is 8.23. The van der Waals surface area contributed by atoms with Gasteiger partial charge in [-0.25, -0.2) is 17.9 Å². The molecule has 1 aromatic heterocycles. The second kappa shape index (κ2) is 8.64. The molecule has 1 fully saturated rings. The molecule has 0 radical (unpaired) electrons. The average Bonchev–Trinajstić information content (AvgIpc) is 3.31. The molecule has 0 spiro atoms. The van der Waals surface area contributed by atoms with E-state index in [0.29, 0.717) is 29.6 Å². The van der Waals surface area contributed by atoms with Gasteiger partial charge in [0.2, 0.25) is 10.0 Å². The number of hydrogen-bond acceptors (Lipinski definition) is 6. The zero-order chi connectivity index (χ0) is 24.0. The molecule has 4 rings (SSSR count). The second-order valence-electron chi connectivity index (χ2n) is 9.80. The van der Waals surface area contributed by atoms with Crippen molar-refractivity contribution < 1.29 is 27.1 Å². The largest absolute Gasteiger partial charge is 0.501 e. The third-order valence-corrected chi connectivity index (χ3v) is 7.87. The molecule has 0 bridgehead atoms. The Labute approximate surface area is 194 Å². The summed E-state index contributed by atoms with van der Waals surface area (Å²) in [5, 5.41) is 3.83. The van der Waals surface area contributed by atoms with E-state index in [1.807, 2.05) is 6.92 Å². The van der Waals surface area contributed by atoms with E-state index >= 15 is 0 Å². The first-order chi connectivity index (χ1) is 15.5. The maximum absolute atomic E-state index is 13.4. The van der Waals surface area contributed by atoms with Crippen LogP contribution < -0.4 is 4.72 Å². The molecule has 10 heteroatoms. The number of fused-ring (bicyclic) bond motifs is 1. The molecule has 33 heavy (non-hydrogen) atoms. The van der Waals surface area contributed by atoms with E-state index in [4.69, 9.17) is 4.52 Å². The number of carbonyl (C=O) groups excluding carboxylic acids is 2. The van der Waals surface area contributed by atoms with E-state index < -0.39 is 33.4 Å². The normalized spacial score (nSPS) is 22.2. The quantitative estimate of drug-likeness (QED) is 0.550. The number of aromatic nitrogens is 1. The Morgan fingerprint density at radius 3 is 2.64 bits per heavy atom. The fraction of sp³-hybridized carbons (Fsp3) is 0.565. The van der Waals surface area contributed by atoms with Crippen molar-refractivity contribution in [2.24, 2.45) is 11.8 Å². The van der Waals surface area contributed by atoms with Crippen LogP contribution in [0.2, 0.25) is 0 Å². The van der Waals surface area contributed by atoms with Crippen LogP contribution in [-0.4, -0.2) is 52.8 Å². The highest BCUT2D eigenvalue weighted by atomic mass is 32.2. The van der Waals surface area contributed by atoms with Gasteiger partial charge in [0.15, 0.2) is 12.3 Å². The van der Waals surface area contributed by atoms with E-state index in [1.54, 1.807) is 23.6 Å². The summed E-state index contributed by atoms with van der Waals surface area (Å²) in [7, 11) is -3.78. The minimum absolute atomic E-state index is 0.0460. The van der Waals surface area contributed by atoms with Crippen LogP contribution in [0.5, 0.6) is 0 Å². The zero-order valence-electron chi connectivity index (χ0n) is 19.5. The molecule has 1 saturated carbocycles. The standard InChI is InChI=1S/C23H31N4O5S/c1-15(2)6-5-11-26-20-8-7-18(33(30,31)25-23(4)9-10-23)13-19(20)21(28)27(22(26)29)14-17-12-16(3)24-32-17/h7-8,12-13,15,19,25H,5-6,9-11,14H2,1-4H3/q+1. The van der Waals surface area contributed by atoms with Gasteiger partial charge in [-0.05, 0) is 63.7 Å². The summed E-state index contributed by atoms with van der Waals surface area (Å²) in [5.74, 6) is -0.464. The van der Waals surface area contributed by atoms with Gasteiger partial charge in [0, 0.05) is 11.6 Å². The summed E-state index contributed by atoms with van der Waals surface area (Å²) < 4.78 is 35.4. The van der Waals surface area contributed by atoms with Crippen molar-refractivity contribution in [3.63, 3.8) is 0 Å². The van der Waals surface area contributed by atoms with E-state index in [-0.39, 0.29) is 11.4 Å². The number of allylic oxidation sites excluding steroid dienone is 2. The summed E-state index contributed by atoms with van der Waals surface area (Å²) in [5.41, 5.74) is 0.732. The Bertz CT molecular complexity index is 1170. The van der Waals surface area contributed by atoms with Gasteiger partial charge in [0.25, 0.3) is 0 Å². The molecule has 3 amide bonds. The summed E-state index contributed by atoms with van der Waals surface area (Å²) >= 11 is 0. The lowest BCUT2D eigenvalue weighted by molar-refractivity contribution is -0.441. The fourth-order valence-corrected chi connectivity index (χ4v) is 5.61. The Kier molecular flexibility index (Phi) is 6.17. The minimum atomic E-state index is -3.78. The minimum Gasteiger partial charge on any atom is -0.357 e. The van der Waals surface area contributed by atoms with Crippen molar-refractivity contribution >= 4 is 27.7 Å². The number of amides is 3. The fourth-order valence-electron chi connectivity index (χ4n) is 4.08. The molecule has 9 nitrogen and oxygen atoms in total. The first kappa shape index (κ1) is 23.6. The van der Waals surface area contributed by atoms with Gasteiger partial charge in [-0.15, -0.1) is 0 Å². The summed E-state index contributed by atoms with van der Waals surface area (Å²) in [6, 6.07) is 1.24. The highest BCUT2D eigenvalue weighted by Crippen LogP contribution is 2.36. The molecule has 3 aliphatic rings. The topological polar surface area (TPSA) is 113 Å². The number of nitrogens with one attached hydrogen (secondary N) is 1. The second-order valence-corrected chi connectivity index (χ2v) is 11.5. The molecule has 1 aliphatic heterocycles. The van der Waals surface area contributed by atoms with Gasteiger partial charge < -0.3 is 4.52 Å². The van der Waals surface area contributed by atoms with Gasteiger partial charge >= 0.3 is 11.9 Å². The van der Waals surface area contributed by atoms with Crippen molar-refractivity contribution in [3.8, 4) is 0 Å². The highest BCUT2D eigenvalue weighted by molar-refractivity contribution is 7.93. The molecule has 0 saturated heterocycles. The van der Waals surface area contributed by atoms with Crippen molar-refractivity contribution in [2.45, 2.75) is 65.5 Å². The van der Waals surface area contributed by atoms with Gasteiger partial charge in [0.1, 0.15) is 11.6 Å². The molecule has 0 aromatic carbocycles. The Hall–Kier alpha value is -2.59.